The Hall–Kier alpha value is -0.980. The maximum absolute atomic E-state index is 2.54. The summed E-state index contributed by atoms with van der Waals surface area (Å²) in [6, 6.07) is 7.05. The monoisotopic (exact) mass is 217 g/mol. The second kappa shape index (κ2) is 4.90. The van der Waals surface area contributed by atoms with E-state index in [4.69, 9.17) is 0 Å². The van der Waals surface area contributed by atoms with Crippen molar-refractivity contribution in [2.24, 2.45) is 0 Å². The van der Waals surface area contributed by atoms with Crippen molar-refractivity contribution in [1.82, 2.24) is 0 Å². The van der Waals surface area contributed by atoms with Gasteiger partial charge in [-0.15, -0.1) is 0 Å². The zero-order valence-corrected chi connectivity index (χ0v) is 10.8. The van der Waals surface area contributed by atoms with Gasteiger partial charge < -0.3 is 4.90 Å². The molecule has 88 valence electrons. The van der Waals surface area contributed by atoms with Crippen LogP contribution in [-0.4, -0.2) is 13.1 Å². The van der Waals surface area contributed by atoms with Crippen molar-refractivity contribution < 1.29 is 0 Å². The van der Waals surface area contributed by atoms with Gasteiger partial charge in [0.05, 0.1) is 0 Å². The third kappa shape index (κ3) is 2.23. The van der Waals surface area contributed by atoms with Crippen LogP contribution in [0.25, 0.3) is 0 Å². The van der Waals surface area contributed by atoms with Crippen LogP contribution in [-0.2, 0) is 6.42 Å². The highest BCUT2D eigenvalue weighted by atomic mass is 15.1. The number of aryl methyl sites for hydroxylation is 1. The molecule has 1 heteroatoms. The predicted octanol–water partition coefficient (Wildman–Crippen LogP) is 3.97. The highest BCUT2D eigenvalue weighted by Crippen LogP contribution is 2.30. The van der Waals surface area contributed by atoms with Crippen LogP contribution in [0.4, 0.5) is 5.69 Å². The summed E-state index contributed by atoms with van der Waals surface area (Å²) in [7, 11) is 0. The molecule has 0 aliphatic carbocycles. The molecule has 0 spiro atoms. The van der Waals surface area contributed by atoms with Crippen molar-refractivity contribution in [3.8, 4) is 0 Å². The van der Waals surface area contributed by atoms with Gasteiger partial charge in [-0.2, -0.15) is 0 Å². The summed E-state index contributed by atoms with van der Waals surface area (Å²) in [6.07, 6.45) is 3.82. The Bertz CT molecular complexity index is 354. The van der Waals surface area contributed by atoms with Crippen LogP contribution in [0.3, 0.4) is 0 Å². The lowest BCUT2D eigenvalue weighted by Crippen LogP contribution is -2.30. The van der Waals surface area contributed by atoms with Gasteiger partial charge in [0.2, 0.25) is 0 Å². The van der Waals surface area contributed by atoms with Crippen LogP contribution in [0.1, 0.15) is 50.7 Å². The molecule has 2 rings (SSSR count). The minimum Gasteiger partial charge on any atom is -0.371 e. The van der Waals surface area contributed by atoms with Gasteiger partial charge >= 0.3 is 0 Å². The second-order valence-corrected chi connectivity index (χ2v) is 5.13. The fourth-order valence-corrected chi connectivity index (χ4v) is 2.56. The number of rotatable bonds is 3. The number of anilines is 1. The molecule has 0 amide bonds. The van der Waals surface area contributed by atoms with E-state index in [-0.39, 0.29) is 0 Å². The van der Waals surface area contributed by atoms with Gasteiger partial charge in [0.15, 0.2) is 0 Å². The highest BCUT2D eigenvalue weighted by Gasteiger charge is 2.16. The first-order valence-corrected chi connectivity index (χ1v) is 6.60. The molecule has 0 fully saturated rings. The van der Waals surface area contributed by atoms with E-state index in [2.05, 4.69) is 43.9 Å². The second-order valence-electron chi connectivity index (χ2n) is 5.13. The van der Waals surface area contributed by atoms with Crippen molar-refractivity contribution in [2.75, 3.05) is 18.0 Å². The normalized spacial score (nSPS) is 15.4. The summed E-state index contributed by atoms with van der Waals surface area (Å²) in [4.78, 5) is 2.54. The standard InChI is InChI=1S/C15H23N/c1-4-9-16-10-5-6-14-11-13(12(2)3)7-8-15(14)16/h7-8,11-12H,4-6,9-10H2,1-3H3. The van der Waals surface area contributed by atoms with Gasteiger partial charge in [-0.3, -0.25) is 0 Å². The number of hydrogen-bond acceptors (Lipinski definition) is 1. The molecular formula is C15H23N. The molecular weight excluding hydrogens is 194 g/mol. The zero-order chi connectivity index (χ0) is 11.5. The van der Waals surface area contributed by atoms with Gasteiger partial charge in [0.1, 0.15) is 0 Å². The van der Waals surface area contributed by atoms with E-state index in [9.17, 15) is 0 Å². The highest BCUT2D eigenvalue weighted by molar-refractivity contribution is 5.57. The first-order chi connectivity index (χ1) is 7.72. The Balaban J connectivity index is 2.29. The molecule has 0 atom stereocenters. The van der Waals surface area contributed by atoms with E-state index in [1.807, 2.05) is 0 Å². The minimum atomic E-state index is 0.645. The maximum atomic E-state index is 2.54. The molecule has 1 aliphatic heterocycles. The fourth-order valence-electron chi connectivity index (χ4n) is 2.56. The van der Waals surface area contributed by atoms with Crippen molar-refractivity contribution in [1.29, 1.82) is 0 Å². The molecule has 0 aromatic heterocycles. The predicted molar refractivity (Wildman–Crippen MR) is 71.4 cm³/mol. The Labute approximate surface area is 99.5 Å². The smallest absolute Gasteiger partial charge is 0.0398 e. The van der Waals surface area contributed by atoms with Gasteiger partial charge in [0.25, 0.3) is 0 Å². The summed E-state index contributed by atoms with van der Waals surface area (Å²) < 4.78 is 0. The minimum absolute atomic E-state index is 0.645. The fraction of sp³-hybridized carbons (Fsp3) is 0.600. The molecule has 0 saturated carbocycles. The van der Waals surface area contributed by atoms with E-state index >= 15 is 0 Å². The summed E-state index contributed by atoms with van der Waals surface area (Å²) in [6.45, 7) is 9.25. The van der Waals surface area contributed by atoms with E-state index in [1.54, 1.807) is 5.56 Å². The van der Waals surface area contributed by atoms with Crippen LogP contribution in [0.15, 0.2) is 18.2 Å². The van der Waals surface area contributed by atoms with Gasteiger partial charge in [0, 0.05) is 18.8 Å². The van der Waals surface area contributed by atoms with Crippen molar-refractivity contribution in [3.63, 3.8) is 0 Å². The van der Waals surface area contributed by atoms with Crippen LogP contribution in [0.5, 0.6) is 0 Å². The number of hydrogen-bond donors (Lipinski definition) is 0. The van der Waals surface area contributed by atoms with Gasteiger partial charge in [-0.25, -0.2) is 0 Å². The lowest BCUT2D eigenvalue weighted by Gasteiger charge is -2.31. The Morgan fingerprint density at radius 1 is 1.31 bits per heavy atom. The lowest BCUT2D eigenvalue weighted by atomic mass is 9.95. The molecule has 0 bridgehead atoms. The Morgan fingerprint density at radius 2 is 2.12 bits per heavy atom. The molecule has 0 unspecified atom stereocenters. The zero-order valence-electron chi connectivity index (χ0n) is 10.8. The molecule has 0 saturated heterocycles. The molecule has 1 heterocycles. The van der Waals surface area contributed by atoms with Crippen molar-refractivity contribution in [3.05, 3.63) is 29.3 Å². The quantitative estimate of drug-likeness (QED) is 0.740. The number of benzene rings is 1. The van der Waals surface area contributed by atoms with Crippen molar-refractivity contribution >= 4 is 5.69 Å². The molecule has 1 nitrogen and oxygen atoms in total. The Morgan fingerprint density at radius 3 is 2.81 bits per heavy atom. The largest absolute Gasteiger partial charge is 0.371 e. The van der Waals surface area contributed by atoms with Gasteiger partial charge in [-0.1, -0.05) is 32.9 Å². The maximum Gasteiger partial charge on any atom is 0.0398 e. The first kappa shape index (κ1) is 11.5. The summed E-state index contributed by atoms with van der Waals surface area (Å²) in [5.74, 6) is 0.645. The molecule has 0 N–H and O–H groups in total. The van der Waals surface area contributed by atoms with Crippen LogP contribution >= 0.6 is 0 Å². The van der Waals surface area contributed by atoms with Gasteiger partial charge in [-0.05, 0) is 42.4 Å². The molecule has 1 aromatic rings. The van der Waals surface area contributed by atoms with Crippen LogP contribution in [0, 0.1) is 0 Å². The van der Waals surface area contributed by atoms with E-state index in [0.29, 0.717) is 5.92 Å². The molecule has 16 heavy (non-hydrogen) atoms. The summed E-state index contributed by atoms with van der Waals surface area (Å²) in [5, 5.41) is 0. The third-order valence-electron chi connectivity index (χ3n) is 3.48. The van der Waals surface area contributed by atoms with Crippen LogP contribution < -0.4 is 4.90 Å². The summed E-state index contributed by atoms with van der Waals surface area (Å²) >= 11 is 0. The lowest BCUT2D eigenvalue weighted by molar-refractivity contribution is 0.679. The third-order valence-corrected chi connectivity index (χ3v) is 3.48. The average molecular weight is 217 g/mol. The molecule has 0 radical (unpaired) electrons. The van der Waals surface area contributed by atoms with Crippen LogP contribution in [0.2, 0.25) is 0 Å². The molecule has 1 aromatic carbocycles. The number of nitrogens with zero attached hydrogens (tertiary/aromatic N) is 1. The van der Waals surface area contributed by atoms with E-state index < -0.39 is 0 Å². The van der Waals surface area contributed by atoms with E-state index in [0.717, 1.165) is 0 Å². The van der Waals surface area contributed by atoms with E-state index in [1.165, 1.54) is 43.6 Å². The topological polar surface area (TPSA) is 3.24 Å². The average Bonchev–Trinajstić information content (AvgIpc) is 2.29. The van der Waals surface area contributed by atoms with Crippen molar-refractivity contribution in [2.45, 2.75) is 46.0 Å². The SMILES string of the molecule is CCCN1CCCc2cc(C(C)C)ccc21. The molecule has 1 aliphatic rings. The number of fused-ring (bicyclic) bond motifs is 1. The Kier molecular flexibility index (Phi) is 3.52. The first-order valence-electron chi connectivity index (χ1n) is 6.60. The summed E-state index contributed by atoms with van der Waals surface area (Å²) in [5.41, 5.74) is 4.53.